The van der Waals surface area contributed by atoms with Crippen LogP contribution in [0.5, 0.6) is 0 Å². The van der Waals surface area contributed by atoms with Crippen LogP contribution in [0.4, 0.5) is 10.6 Å². The SMILES string of the molecule is CC(C)(C)OC(=O)N1C2CCC1CN(c1ccc(B(O)O)cn1)C2. The van der Waals surface area contributed by atoms with E-state index in [-0.39, 0.29) is 18.2 Å². The van der Waals surface area contributed by atoms with Crippen LogP contribution in [-0.2, 0) is 4.74 Å². The number of pyridine rings is 1. The fraction of sp³-hybridized carbons (Fsp3) is 0.625. The summed E-state index contributed by atoms with van der Waals surface area (Å²) >= 11 is 0. The van der Waals surface area contributed by atoms with Gasteiger partial charge in [-0.15, -0.1) is 0 Å². The van der Waals surface area contributed by atoms with E-state index in [2.05, 4.69) is 9.88 Å². The second kappa shape index (κ2) is 6.25. The van der Waals surface area contributed by atoms with E-state index in [1.54, 1.807) is 12.1 Å². The molecule has 24 heavy (non-hydrogen) atoms. The van der Waals surface area contributed by atoms with Crippen LogP contribution in [0.25, 0.3) is 0 Å². The Morgan fingerprint density at radius 1 is 1.25 bits per heavy atom. The Bertz CT molecular complexity index is 588. The number of hydrogen-bond donors (Lipinski definition) is 2. The molecule has 1 aromatic heterocycles. The number of aromatic nitrogens is 1. The average molecular weight is 333 g/mol. The number of amides is 1. The highest BCUT2D eigenvalue weighted by molar-refractivity contribution is 6.58. The summed E-state index contributed by atoms with van der Waals surface area (Å²) < 4.78 is 5.54. The molecule has 2 fully saturated rings. The molecule has 1 aromatic rings. The quantitative estimate of drug-likeness (QED) is 0.760. The lowest BCUT2D eigenvalue weighted by molar-refractivity contribution is 0.0122. The normalized spacial score (nSPS) is 23.4. The summed E-state index contributed by atoms with van der Waals surface area (Å²) in [7, 11) is -1.51. The number of ether oxygens (including phenoxy) is 1. The van der Waals surface area contributed by atoms with Gasteiger partial charge in [-0.3, -0.25) is 4.90 Å². The van der Waals surface area contributed by atoms with Gasteiger partial charge < -0.3 is 19.7 Å². The molecule has 2 N–H and O–H groups in total. The van der Waals surface area contributed by atoms with E-state index < -0.39 is 12.7 Å². The Kier molecular flexibility index (Phi) is 4.44. The third kappa shape index (κ3) is 3.49. The van der Waals surface area contributed by atoms with Gasteiger partial charge in [0.1, 0.15) is 11.4 Å². The first-order chi connectivity index (χ1) is 11.2. The van der Waals surface area contributed by atoms with Crippen LogP contribution in [0, 0.1) is 0 Å². The zero-order valence-electron chi connectivity index (χ0n) is 14.3. The van der Waals surface area contributed by atoms with Crippen LogP contribution in [0.3, 0.4) is 0 Å². The van der Waals surface area contributed by atoms with E-state index >= 15 is 0 Å². The Morgan fingerprint density at radius 2 is 1.88 bits per heavy atom. The molecular formula is C16H24BN3O4. The monoisotopic (exact) mass is 333 g/mol. The highest BCUT2D eigenvalue weighted by Gasteiger charge is 2.44. The number of rotatable bonds is 2. The van der Waals surface area contributed by atoms with Gasteiger partial charge in [-0.1, -0.05) is 6.07 Å². The maximum Gasteiger partial charge on any atom is 0.490 e. The first-order valence-electron chi connectivity index (χ1n) is 8.33. The highest BCUT2D eigenvalue weighted by atomic mass is 16.6. The standard InChI is InChI=1S/C16H24BN3O4/c1-16(2,3)24-15(21)20-12-5-6-13(20)10-19(9-12)14-7-4-11(8-18-14)17(22)23/h4,7-8,12-13,22-23H,5-6,9-10H2,1-3H3. The molecule has 3 rings (SSSR count). The summed E-state index contributed by atoms with van der Waals surface area (Å²) in [6, 6.07) is 3.71. The van der Waals surface area contributed by atoms with E-state index in [0.29, 0.717) is 18.6 Å². The molecule has 8 heteroatoms. The van der Waals surface area contributed by atoms with Crippen molar-refractivity contribution in [2.24, 2.45) is 0 Å². The molecule has 7 nitrogen and oxygen atoms in total. The number of piperazine rings is 1. The molecule has 2 bridgehead atoms. The number of fused-ring (bicyclic) bond motifs is 2. The lowest BCUT2D eigenvalue weighted by Gasteiger charge is -2.41. The maximum absolute atomic E-state index is 12.5. The Hall–Kier alpha value is -1.80. The second-order valence-electron chi connectivity index (χ2n) is 7.50. The molecule has 130 valence electrons. The van der Waals surface area contributed by atoms with Crippen molar-refractivity contribution in [2.45, 2.75) is 51.3 Å². The molecule has 0 saturated carbocycles. The molecule has 0 spiro atoms. The minimum absolute atomic E-state index is 0.128. The lowest BCUT2D eigenvalue weighted by atomic mass is 9.82. The molecule has 2 aliphatic rings. The number of hydrogen-bond acceptors (Lipinski definition) is 6. The molecule has 0 radical (unpaired) electrons. The van der Waals surface area contributed by atoms with Crippen molar-refractivity contribution < 1.29 is 19.6 Å². The van der Waals surface area contributed by atoms with Crippen molar-refractivity contribution in [3.63, 3.8) is 0 Å². The minimum atomic E-state index is -1.51. The summed E-state index contributed by atoms with van der Waals surface area (Å²) in [6.45, 7) is 7.06. The van der Waals surface area contributed by atoms with E-state index in [1.807, 2.05) is 25.7 Å². The zero-order valence-corrected chi connectivity index (χ0v) is 14.3. The molecule has 2 unspecified atom stereocenters. The van der Waals surface area contributed by atoms with Crippen LogP contribution in [0.2, 0.25) is 0 Å². The van der Waals surface area contributed by atoms with Crippen LogP contribution in [0.15, 0.2) is 18.3 Å². The van der Waals surface area contributed by atoms with Crippen molar-refractivity contribution >= 4 is 24.5 Å². The third-order valence-corrected chi connectivity index (χ3v) is 4.48. The highest BCUT2D eigenvalue weighted by Crippen LogP contribution is 2.33. The first kappa shape index (κ1) is 17.0. The summed E-state index contributed by atoms with van der Waals surface area (Å²) in [5.41, 5.74) is -0.120. The Morgan fingerprint density at radius 3 is 2.33 bits per heavy atom. The molecule has 0 aliphatic carbocycles. The van der Waals surface area contributed by atoms with Gasteiger partial charge in [-0.05, 0) is 39.7 Å². The van der Waals surface area contributed by atoms with E-state index in [4.69, 9.17) is 14.8 Å². The minimum Gasteiger partial charge on any atom is -0.444 e. The summed E-state index contributed by atoms with van der Waals surface area (Å²) in [5, 5.41) is 18.3. The average Bonchev–Trinajstić information content (AvgIpc) is 2.76. The van der Waals surface area contributed by atoms with E-state index in [9.17, 15) is 4.79 Å². The van der Waals surface area contributed by atoms with Gasteiger partial charge in [-0.25, -0.2) is 9.78 Å². The van der Waals surface area contributed by atoms with Crippen LogP contribution in [-0.4, -0.2) is 63.9 Å². The first-order valence-corrected chi connectivity index (χ1v) is 8.33. The zero-order chi connectivity index (χ0) is 17.5. The molecule has 2 saturated heterocycles. The number of carbonyl (C=O) groups excluding carboxylic acids is 1. The number of nitrogens with zero attached hydrogens (tertiary/aromatic N) is 3. The lowest BCUT2D eigenvalue weighted by Crippen LogP contribution is -2.57. The molecule has 2 aliphatic heterocycles. The number of anilines is 1. The Labute approximate surface area is 142 Å². The van der Waals surface area contributed by atoms with Gasteiger partial charge in [0, 0.05) is 24.7 Å². The van der Waals surface area contributed by atoms with E-state index in [1.165, 1.54) is 6.20 Å². The van der Waals surface area contributed by atoms with Gasteiger partial charge in [0.2, 0.25) is 0 Å². The van der Waals surface area contributed by atoms with Crippen molar-refractivity contribution in [1.29, 1.82) is 0 Å². The predicted octanol–water partition coefficient (Wildman–Crippen LogP) is 0.349. The topological polar surface area (TPSA) is 86.1 Å². The third-order valence-electron chi connectivity index (χ3n) is 4.48. The second-order valence-corrected chi connectivity index (χ2v) is 7.50. The van der Waals surface area contributed by atoms with Gasteiger partial charge in [0.05, 0.1) is 12.1 Å². The van der Waals surface area contributed by atoms with Crippen molar-refractivity contribution in [3.05, 3.63) is 18.3 Å². The predicted molar refractivity (Wildman–Crippen MR) is 91.2 cm³/mol. The smallest absolute Gasteiger partial charge is 0.444 e. The van der Waals surface area contributed by atoms with Crippen molar-refractivity contribution in [2.75, 3.05) is 18.0 Å². The number of carbonyl (C=O) groups is 1. The van der Waals surface area contributed by atoms with Gasteiger partial charge in [0.25, 0.3) is 0 Å². The van der Waals surface area contributed by atoms with Crippen LogP contribution in [0.1, 0.15) is 33.6 Å². The molecule has 3 heterocycles. The van der Waals surface area contributed by atoms with Crippen molar-refractivity contribution in [1.82, 2.24) is 9.88 Å². The Balaban J connectivity index is 1.69. The summed E-state index contributed by atoms with van der Waals surface area (Å²) in [6.07, 6.45) is 3.17. The van der Waals surface area contributed by atoms with Crippen molar-refractivity contribution in [3.8, 4) is 0 Å². The largest absolute Gasteiger partial charge is 0.490 e. The molecule has 2 atom stereocenters. The molecular weight excluding hydrogens is 309 g/mol. The summed E-state index contributed by atoms with van der Waals surface area (Å²) in [5.74, 6) is 0.792. The molecule has 0 aromatic carbocycles. The van der Waals surface area contributed by atoms with Gasteiger partial charge in [-0.2, -0.15) is 0 Å². The summed E-state index contributed by atoms with van der Waals surface area (Å²) in [4.78, 5) is 20.8. The van der Waals surface area contributed by atoms with Crippen LogP contribution < -0.4 is 10.4 Å². The van der Waals surface area contributed by atoms with E-state index in [0.717, 1.165) is 18.7 Å². The molecule has 1 amide bonds. The fourth-order valence-corrected chi connectivity index (χ4v) is 3.44. The maximum atomic E-state index is 12.5. The van der Waals surface area contributed by atoms with Gasteiger partial charge in [0.15, 0.2) is 0 Å². The van der Waals surface area contributed by atoms with Crippen LogP contribution >= 0.6 is 0 Å². The van der Waals surface area contributed by atoms with Gasteiger partial charge >= 0.3 is 13.2 Å². The fourth-order valence-electron chi connectivity index (χ4n) is 3.44.